The lowest BCUT2D eigenvalue weighted by molar-refractivity contribution is 0.294. The van der Waals surface area contributed by atoms with Crippen LogP contribution in [0.25, 0.3) is 0 Å². The fourth-order valence-corrected chi connectivity index (χ4v) is 3.69. The largest absolute Gasteiger partial charge is 0.291 e. The third-order valence-corrected chi connectivity index (χ3v) is 4.20. The van der Waals surface area contributed by atoms with Crippen molar-refractivity contribution in [3.05, 3.63) is 0 Å². The molecular weight excluding hydrogens is 256 g/mol. The molecule has 0 aromatic carbocycles. The van der Waals surface area contributed by atoms with Crippen LogP contribution in [-0.4, -0.2) is 23.0 Å². The van der Waals surface area contributed by atoms with E-state index in [0.717, 1.165) is 19.3 Å². The van der Waals surface area contributed by atoms with Gasteiger partial charge in [0.1, 0.15) is 0 Å². The molecule has 1 aliphatic carbocycles. The molecule has 0 heterocycles. The summed E-state index contributed by atoms with van der Waals surface area (Å²) < 4.78 is 0. The minimum atomic E-state index is 0.115. The monoisotopic (exact) mass is 292 g/mol. The molecule has 1 fully saturated rings. The maximum atomic E-state index is 5.07. The second kappa shape index (κ2) is 8.10. The van der Waals surface area contributed by atoms with Crippen molar-refractivity contribution in [2.24, 2.45) is 21.8 Å². The lowest BCUT2D eigenvalue weighted by Crippen LogP contribution is -2.33. The fourth-order valence-electron chi connectivity index (χ4n) is 3.69. The highest BCUT2D eigenvalue weighted by Crippen LogP contribution is 2.34. The number of hydrogen-bond donors (Lipinski definition) is 0. The summed E-state index contributed by atoms with van der Waals surface area (Å²) >= 11 is 0. The molecule has 122 valence electrons. The van der Waals surface area contributed by atoms with Gasteiger partial charge in [-0.1, -0.05) is 27.7 Å². The van der Waals surface area contributed by atoms with Gasteiger partial charge in [-0.15, -0.1) is 0 Å². The molecule has 0 N–H and O–H groups in total. The van der Waals surface area contributed by atoms with Crippen LogP contribution in [0.1, 0.15) is 87.0 Å². The Balaban J connectivity index is 2.70. The van der Waals surface area contributed by atoms with Crippen LogP contribution in [0.2, 0.25) is 0 Å². The first-order chi connectivity index (χ1) is 9.70. The minimum Gasteiger partial charge on any atom is -0.291 e. The van der Waals surface area contributed by atoms with Gasteiger partial charge in [-0.3, -0.25) is 9.98 Å². The first-order valence-corrected chi connectivity index (χ1v) is 8.79. The molecule has 1 aliphatic rings. The normalized spacial score (nSPS) is 28.5. The van der Waals surface area contributed by atoms with Gasteiger partial charge in [-0.05, 0) is 71.1 Å². The van der Waals surface area contributed by atoms with E-state index in [1.807, 2.05) is 0 Å². The summed E-state index contributed by atoms with van der Waals surface area (Å²) in [7, 11) is 0. The smallest absolute Gasteiger partial charge is 0.0599 e. The molecule has 2 atom stereocenters. The number of aliphatic imine (C=N–C) groups is 2. The molecule has 0 spiro atoms. The van der Waals surface area contributed by atoms with Crippen LogP contribution < -0.4 is 0 Å². The Labute approximate surface area is 132 Å². The topological polar surface area (TPSA) is 24.7 Å². The molecule has 0 radical (unpaired) electrons. The summed E-state index contributed by atoms with van der Waals surface area (Å²) in [5.41, 5.74) is 2.75. The van der Waals surface area contributed by atoms with E-state index in [1.165, 1.54) is 30.7 Å². The average Bonchev–Trinajstić information content (AvgIpc) is 2.24. The SMILES string of the molecule is CC(CC(C)C)=NC1CCCC(C)(N=C(C)CC(C)C)C1. The molecule has 2 nitrogen and oxygen atoms in total. The molecule has 2 unspecified atom stereocenters. The van der Waals surface area contributed by atoms with Gasteiger partial charge in [0.15, 0.2) is 0 Å². The zero-order chi connectivity index (χ0) is 16.0. The van der Waals surface area contributed by atoms with Gasteiger partial charge in [-0.2, -0.15) is 0 Å². The molecule has 2 heteroatoms. The van der Waals surface area contributed by atoms with Gasteiger partial charge in [0.05, 0.1) is 11.6 Å². The highest BCUT2D eigenvalue weighted by atomic mass is 14.9. The molecule has 1 saturated carbocycles. The molecule has 0 amide bonds. The van der Waals surface area contributed by atoms with Gasteiger partial charge < -0.3 is 0 Å². The van der Waals surface area contributed by atoms with Crippen molar-refractivity contribution in [1.82, 2.24) is 0 Å². The van der Waals surface area contributed by atoms with Crippen molar-refractivity contribution in [2.75, 3.05) is 0 Å². The third kappa shape index (κ3) is 7.24. The van der Waals surface area contributed by atoms with Gasteiger partial charge in [0, 0.05) is 11.4 Å². The quantitative estimate of drug-likeness (QED) is 0.561. The van der Waals surface area contributed by atoms with E-state index >= 15 is 0 Å². The minimum absolute atomic E-state index is 0.115. The Morgan fingerprint density at radius 2 is 1.62 bits per heavy atom. The van der Waals surface area contributed by atoms with Crippen LogP contribution in [0, 0.1) is 11.8 Å². The molecular formula is C19H36N2. The third-order valence-electron chi connectivity index (χ3n) is 4.20. The van der Waals surface area contributed by atoms with Crippen molar-refractivity contribution in [3.63, 3.8) is 0 Å². The summed E-state index contributed by atoms with van der Waals surface area (Å²) in [5, 5.41) is 0. The Bertz CT molecular complexity index is 379. The molecule has 21 heavy (non-hydrogen) atoms. The summed E-state index contributed by atoms with van der Waals surface area (Å²) in [5.74, 6) is 1.40. The van der Waals surface area contributed by atoms with E-state index in [1.54, 1.807) is 0 Å². The predicted molar refractivity (Wildman–Crippen MR) is 95.8 cm³/mol. The molecule has 0 aromatic rings. The van der Waals surface area contributed by atoms with Gasteiger partial charge >= 0.3 is 0 Å². The first-order valence-electron chi connectivity index (χ1n) is 8.79. The Kier molecular flexibility index (Phi) is 7.09. The average molecular weight is 293 g/mol. The summed E-state index contributed by atoms with van der Waals surface area (Å²) in [6.07, 6.45) is 7.09. The van der Waals surface area contributed by atoms with Crippen LogP contribution >= 0.6 is 0 Å². The van der Waals surface area contributed by atoms with E-state index in [4.69, 9.17) is 9.98 Å². The second-order valence-electron chi connectivity index (χ2n) is 8.15. The highest BCUT2D eigenvalue weighted by molar-refractivity contribution is 5.83. The van der Waals surface area contributed by atoms with Gasteiger partial charge in [-0.25, -0.2) is 0 Å². The van der Waals surface area contributed by atoms with Crippen molar-refractivity contribution in [3.8, 4) is 0 Å². The number of hydrogen-bond acceptors (Lipinski definition) is 2. The summed E-state index contributed by atoms with van der Waals surface area (Å²) in [6.45, 7) is 15.8. The van der Waals surface area contributed by atoms with E-state index in [2.05, 4.69) is 48.5 Å². The molecule has 0 aromatic heterocycles. The maximum Gasteiger partial charge on any atom is 0.0599 e. The lowest BCUT2D eigenvalue weighted by atomic mass is 9.80. The number of nitrogens with zero attached hydrogens (tertiary/aromatic N) is 2. The zero-order valence-electron chi connectivity index (χ0n) is 15.4. The van der Waals surface area contributed by atoms with Crippen LogP contribution in [0.3, 0.4) is 0 Å². The van der Waals surface area contributed by atoms with Crippen LogP contribution in [-0.2, 0) is 0 Å². The van der Waals surface area contributed by atoms with Crippen molar-refractivity contribution in [2.45, 2.75) is 98.6 Å². The predicted octanol–water partition coefficient (Wildman–Crippen LogP) is 5.70. The standard InChI is InChI=1S/C19H36N2/c1-14(2)11-16(5)20-18-9-8-10-19(7,13-18)21-17(6)12-15(3)4/h14-15,18H,8-13H2,1-7H3. The molecule has 0 aliphatic heterocycles. The Hall–Kier alpha value is -0.660. The van der Waals surface area contributed by atoms with Gasteiger partial charge in [0.2, 0.25) is 0 Å². The Morgan fingerprint density at radius 3 is 2.19 bits per heavy atom. The highest BCUT2D eigenvalue weighted by Gasteiger charge is 2.31. The lowest BCUT2D eigenvalue weighted by Gasteiger charge is -2.34. The molecule has 1 rings (SSSR count). The summed E-state index contributed by atoms with van der Waals surface area (Å²) in [4.78, 5) is 10.1. The zero-order valence-corrected chi connectivity index (χ0v) is 15.4. The van der Waals surface area contributed by atoms with E-state index in [-0.39, 0.29) is 5.54 Å². The van der Waals surface area contributed by atoms with Crippen LogP contribution in [0.5, 0.6) is 0 Å². The molecule has 0 saturated heterocycles. The van der Waals surface area contributed by atoms with E-state index in [0.29, 0.717) is 17.9 Å². The second-order valence-corrected chi connectivity index (χ2v) is 8.15. The van der Waals surface area contributed by atoms with Crippen LogP contribution in [0.15, 0.2) is 9.98 Å². The summed E-state index contributed by atoms with van der Waals surface area (Å²) in [6, 6.07) is 0.484. The van der Waals surface area contributed by atoms with Crippen molar-refractivity contribution < 1.29 is 0 Å². The first kappa shape index (κ1) is 18.4. The van der Waals surface area contributed by atoms with Crippen LogP contribution in [0.4, 0.5) is 0 Å². The Morgan fingerprint density at radius 1 is 1.05 bits per heavy atom. The van der Waals surface area contributed by atoms with E-state index in [9.17, 15) is 0 Å². The molecule has 0 bridgehead atoms. The van der Waals surface area contributed by atoms with Gasteiger partial charge in [0.25, 0.3) is 0 Å². The number of rotatable bonds is 6. The van der Waals surface area contributed by atoms with E-state index < -0.39 is 0 Å². The maximum absolute atomic E-state index is 5.07. The van der Waals surface area contributed by atoms with Crippen molar-refractivity contribution >= 4 is 11.4 Å². The fraction of sp³-hybridized carbons (Fsp3) is 0.895. The van der Waals surface area contributed by atoms with Crippen molar-refractivity contribution in [1.29, 1.82) is 0 Å².